The van der Waals surface area contributed by atoms with E-state index in [1.54, 1.807) is 0 Å². The fourth-order valence-corrected chi connectivity index (χ4v) is 1.06. The van der Waals surface area contributed by atoms with E-state index < -0.39 is 0 Å². The van der Waals surface area contributed by atoms with Gasteiger partial charge in [-0.15, -0.1) is 0 Å². The van der Waals surface area contributed by atoms with Crippen molar-refractivity contribution in [1.29, 1.82) is 0 Å². The van der Waals surface area contributed by atoms with Gasteiger partial charge in [0.2, 0.25) is 0 Å². The second-order valence-electron chi connectivity index (χ2n) is 1.52. The molecule has 1 N–H and O–H groups in total. The summed E-state index contributed by atoms with van der Waals surface area (Å²) in [4.78, 5) is 0. The van der Waals surface area contributed by atoms with Crippen LogP contribution in [0.5, 0.6) is 0 Å². The Morgan fingerprint density at radius 3 is 2.57 bits per heavy atom. The number of thiol groups is 1. The van der Waals surface area contributed by atoms with Gasteiger partial charge in [0, 0.05) is 6.04 Å². The summed E-state index contributed by atoms with van der Waals surface area (Å²) in [5, 5.41) is 0. The van der Waals surface area contributed by atoms with Gasteiger partial charge in [-0.05, 0) is 24.3 Å². The second kappa shape index (κ2) is 4.81. The largest absolute Gasteiger partial charge is 0.252 e. The zero-order chi connectivity index (χ0) is 5.70. The molecule has 0 bridgehead atoms. The highest BCUT2D eigenvalue weighted by molar-refractivity contribution is 8.67. The summed E-state index contributed by atoms with van der Waals surface area (Å²) in [6.07, 6.45) is 1.16. The lowest BCUT2D eigenvalue weighted by Gasteiger charge is -2.04. The van der Waals surface area contributed by atoms with Gasteiger partial charge >= 0.3 is 0 Å². The minimum atomic E-state index is 0.586. The van der Waals surface area contributed by atoms with E-state index in [0.717, 1.165) is 6.42 Å². The number of nitrogens with one attached hydrogen (secondary N) is 1. The molecule has 7 heavy (non-hydrogen) atoms. The summed E-state index contributed by atoms with van der Waals surface area (Å²) in [5.74, 6) is 0. The normalized spacial score (nSPS) is 14.1. The zero-order valence-electron chi connectivity index (χ0n) is 4.64. The van der Waals surface area contributed by atoms with Gasteiger partial charge < -0.3 is 0 Å². The van der Waals surface area contributed by atoms with Crippen LogP contribution in [0.2, 0.25) is 0 Å². The van der Waals surface area contributed by atoms with Crippen LogP contribution < -0.4 is 4.72 Å². The van der Waals surface area contributed by atoms with Crippen molar-refractivity contribution in [3.8, 4) is 0 Å². The van der Waals surface area contributed by atoms with E-state index in [1.807, 2.05) is 0 Å². The molecular weight excluding hydrogens is 126 g/mol. The minimum Gasteiger partial charge on any atom is -0.252 e. The Morgan fingerprint density at radius 1 is 1.86 bits per heavy atom. The molecule has 0 aliphatic heterocycles. The molecule has 1 nitrogen and oxygen atoms in total. The van der Waals surface area contributed by atoms with Gasteiger partial charge in [-0.25, -0.2) is 0 Å². The molecule has 0 aliphatic rings. The Labute approximate surface area is 54.2 Å². The SMILES string of the molecule is CC[C@@H](C)NSS. The first kappa shape index (κ1) is 7.66. The van der Waals surface area contributed by atoms with E-state index in [2.05, 4.69) is 30.2 Å². The zero-order valence-corrected chi connectivity index (χ0v) is 6.35. The van der Waals surface area contributed by atoms with Gasteiger partial charge in [0.25, 0.3) is 0 Å². The van der Waals surface area contributed by atoms with E-state index in [1.165, 1.54) is 11.0 Å². The highest BCUT2D eigenvalue weighted by Gasteiger charge is 1.91. The number of hydrogen-bond acceptors (Lipinski definition) is 3. The van der Waals surface area contributed by atoms with Crippen molar-refractivity contribution in [2.24, 2.45) is 0 Å². The van der Waals surface area contributed by atoms with E-state index in [4.69, 9.17) is 0 Å². The smallest absolute Gasteiger partial charge is 0.0148 e. The lowest BCUT2D eigenvalue weighted by atomic mass is 10.3. The van der Waals surface area contributed by atoms with Crippen molar-refractivity contribution in [2.75, 3.05) is 0 Å². The van der Waals surface area contributed by atoms with Crippen LogP contribution >= 0.6 is 22.6 Å². The van der Waals surface area contributed by atoms with Gasteiger partial charge in [-0.2, -0.15) is 0 Å². The summed E-state index contributed by atoms with van der Waals surface area (Å²) in [7, 11) is 1.38. The average molecular weight is 137 g/mol. The molecule has 0 heterocycles. The van der Waals surface area contributed by atoms with Crippen LogP contribution in [-0.2, 0) is 0 Å². The maximum absolute atomic E-state index is 3.92. The predicted molar refractivity (Wildman–Crippen MR) is 39.5 cm³/mol. The maximum Gasteiger partial charge on any atom is 0.0148 e. The minimum absolute atomic E-state index is 0.586. The maximum atomic E-state index is 3.92. The summed E-state index contributed by atoms with van der Waals surface area (Å²) in [6.45, 7) is 4.27. The molecule has 1 atom stereocenters. The van der Waals surface area contributed by atoms with E-state index in [9.17, 15) is 0 Å². The topological polar surface area (TPSA) is 12.0 Å². The fourth-order valence-electron chi connectivity index (χ4n) is 0.173. The Kier molecular flexibility index (Phi) is 5.26. The van der Waals surface area contributed by atoms with Gasteiger partial charge in [0.05, 0.1) is 0 Å². The van der Waals surface area contributed by atoms with E-state index in [0.29, 0.717) is 6.04 Å². The highest BCUT2D eigenvalue weighted by atomic mass is 33.1. The van der Waals surface area contributed by atoms with Crippen LogP contribution in [0.4, 0.5) is 0 Å². The van der Waals surface area contributed by atoms with Gasteiger partial charge in [-0.3, -0.25) is 4.72 Å². The molecule has 0 saturated heterocycles. The molecule has 0 radical (unpaired) electrons. The third kappa shape index (κ3) is 4.51. The average Bonchev–Trinajstić information content (AvgIpc) is 1.68. The first-order valence-electron chi connectivity index (χ1n) is 2.37. The van der Waals surface area contributed by atoms with Crippen molar-refractivity contribution < 1.29 is 0 Å². The van der Waals surface area contributed by atoms with Crippen molar-refractivity contribution >= 4 is 22.6 Å². The number of rotatable bonds is 3. The monoisotopic (exact) mass is 137 g/mol. The Hall–Kier alpha value is 0.660. The molecule has 0 unspecified atom stereocenters. The Bertz CT molecular complexity index is 40.7. The lowest BCUT2D eigenvalue weighted by Crippen LogP contribution is -2.15. The van der Waals surface area contributed by atoms with Gasteiger partial charge in [-0.1, -0.05) is 18.6 Å². The third-order valence-corrected chi connectivity index (χ3v) is 1.69. The molecule has 0 fully saturated rings. The quantitative estimate of drug-likeness (QED) is 0.350. The highest BCUT2D eigenvalue weighted by Crippen LogP contribution is 2.01. The molecule has 0 amide bonds. The summed E-state index contributed by atoms with van der Waals surface area (Å²) >= 11 is 3.92. The van der Waals surface area contributed by atoms with Crippen LogP contribution in [0.25, 0.3) is 0 Å². The van der Waals surface area contributed by atoms with E-state index in [-0.39, 0.29) is 0 Å². The van der Waals surface area contributed by atoms with Crippen molar-refractivity contribution in [3.63, 3.8) is 0 Å². The van der Waals surface area contributed by atoms with Crippen LogP contribution in [0.1, 0.15) is 20.3 Å². The Balaban J connectivity index is 2.83. The summed E-state index contributed by atoms with van der Waals surface area (Å²) < 4.78 is 3.08. The summed E-state index contributed by atoms with van der Waals surface area (Å²) in [6, 6.07) is 0.586. The van der Waals surface area contributed by atoms with Crippen molar-refractivity contribution in [1.82, 2.24) is 4.72 Å². The van der Waals surface area contributed by atoms with Crippen LogP contribution in [0.3, 0.4) is 0 Å². The Morgan fingerprint density at radius 2 is 2.43 bits per heavy atom. The lowest BCUT2D eigenvalue weighted by molar-refractivity contribution is 0.671. The molecule has 0 saturated carbocycles. The standard InChI is InChI=1S/C4H11NS2/c1-3-4(2)5-7-6/h4-6H,3H2,1-2H3/t4-/m1/s1. The van der Waals surface area contributed by atoms with Crippen LogP contribution in [0, 0.1) is 0 Å². The molecule has 0 rings (SSSR count). The number of hydrogen-bond donors (Lipinski definition) is 2. The second-order valence-corrected chi connectivity index (χ2v) is 2.48. The van der Waals surface area contributed by atoms with Crippen LogP contribution in [0.15, 0.2) is 0 Å². The summed E-state index contributed by atoms with van der Waals surface area (Å²) in [5.41, 5.74) is 0. The molecule has 0 spiro atoms. The third-order valence-electron chi connectivity index (χ3n) is 0.866. The molecular formula is C4H11NS2. The van der Waals surface area contributed by atoms with Crippen LogP contribution in [-0.4, -0.2) is 6.04 Å². The fraction of sp³-hybridized carbons (Fsp3) is 1.00. The molecule has 0 aromatic rings. The molecule has 0 aliphatic carbocycles. The first-order valence-corrected chi connectivity index (χ1v) is 4.24. The molecule has 0 aromatic heterocycles. The molecule has 3 heteroatoms. The molecule has 0 aromatic carbocycles. The van der Waals surface area contributed by atoms with Gasteiger partial charge in [0.1, 0.15) is 0 Å². The van der Waals surface area contributed by atoms with Crippen molar-refractivity contribution in [3.05, 3.63) is 0 Å². The van der Waals surface area contributed by atoms with Gasteiger partial charge in [0.15, 0.2) is 0 Å². The van der Waals surface area contributed by atoms with E-state index >= 15 is 0 Å². The van der Waals surface area contributed by atoms with Crippen molar-refractivity contribution in [2.45, 2.75) is 26.3 Å². The first-order chi connectivity index (χ1) is 3.31. The predicted octanol–water partition coefficient (Wildman–Crippen LogP) is 1.87. The molecule has 44 valence electrons.